The van der Waals surface area contributed by atoms with Crippen LogP contribution in [0.25, 0.3) is 0 Å². The summed E-state index contributed by atoms with van der Waals surface area (Å²) < 4.78 is 30.6. The number of hydrogen-bond acceptors (Lipinski definition) is 5. The molecule has 0 bridgehead atoms. The van der Waals surface area contributed by atoms with E-state index < -0.39 is 15.7 Å². The van der Waals surface area contributed by atoms with Gasteiger partial charge in [-0.1, -0.05) is 36.4 Å². The summed E-state index contributed by atoms with van der Waals surface area (Å²) in [5.41, 5.74) is 0.0125. The second-order valence-electron chi connectivity index (χ2n) is 5.86. The lowest BCUT2D eigenvalue weighted by atomic mass is 10.2. The average Bonchev–Trinajstić information content (AvgIpc) is 2.71. The highest BCUT2D eigenvalue weighted by Crippen LogP contribution is 2.21. The maximum absolute atomic E-state index is 12.5. The predicted molar refractivity (Wildman–Crippen MR) is 103 cm³/mol. The summed E-state index contributed by atoms with van der Waals surface area (Å²) in [5.74, 6) is -0.641. The lowest BCUT2D eigenvalue weighted by Gasteiger charge is -2.11. The highest BCUT2D eigenvalue weighted by atomic mass is 32.2. The molecule has 0 saturated heterocycles. The molecular formula is C20H18N2O5S. The average molecular weight is 398 g/mol. The summed E-state index contributed by atoms with van der Waals surface area (Å²) in [4.78, 5) is 12.7. The van der Waals surface area contributed by atoms with Crippen LogP contribution < -0.4 is 14.8 Å². The number of pyridine rings is 1. The zero-order chi connectivity index (χ0) is 20.0. The predicted octanol–water partition coefficient (Wildman–Crippen LogP) is 2.32. The fourth-order valence-corrected chi connectivity index (χ4v) is 3.67. The summed E-state index contributed by atoms with van der Waals surface area (Å²) in [6.45, 7) is -0.103. The lowest BCUT2D eigenvalue weighted by molar-refractivity contribution is -0.611. The molecule has 3 aromatic rings. The Labute approximate surface area is 162 Å². The molecule has 1 aromatic heterocycles. The smallest absolute Gasteiger partial charge is 0.398 e. The van der Waals surface area contributed by atoms with Crippen molar-refractivity contribution in [1.82, 2.24) is 5.32 Å². The van der Waals surface area contributed by atoms with E-state index in [1.807, 2.05) is 0 Å². The van der Waals surface area contributed by atoms with Crippen LogP contribution in [0.1, 0.15) is 10.4 Å². The van der Waals surface area contributed by atoms with Crippen molar-refractivity contribution in [1.29, 1.82) is 0 Å². The number of para-hydroxylation sites is 1. The molecule has 0 radical (unpaired) electrons. The number of benzene rings is 2. The van der Waals surface area contributed by atoms with Crippen LogP contribution in [0.3, 0.4) is 0 Å². The summed E-state index contributed by atoms with van der Waals surface area (Å²) in [7, 11) is -3.52. The van der Waals surface area contributed by atoms with Crippen LogP contribution in [0.5, 0.6) is 11.6 Å². The third-order valence-electron chi connectivity index (χ3n) is 3.88. The fourth-order valence-electron chi connectivity index (χ4n) is 2.49. The zero-order valence-corrected chi connectivity index (χ0v) is 15.6. The first-order chi connectivity index (χ1) is 13.5. The molecule has 0 aliphatic heterocycles. The quantitative estimate of drug-likeness (QED) is 0.486. The number of amides is 1. The monoisotopic (exact) mass is 398 g/mol. The van der Waals surface area contributed by atoms with E-state index in [0.717, 1.165) is 0 Å². The molecule has 3 rings (SSSR count). The summed E-state index contributed by atoms with van der Waals surface area (Å²) in [6.07, 6.45) is 1.22. The Kier molecular flexibility index (Phi) is 5.90. The first-order valence-corrected chi connectivity index (χ1v) is 10.1. The van der Waals surface area contributed by atoms with E-state index >= 15 is 0 Å². The first kappa shape index (κ1) is 19.4. The van der Waals surface area contributed by atoms with Crippen LogP contribution in [0.2, 0.25) is 0 Å². The van der Waals surface area contributed by atoms with E-state index in [1.54, 1.807) is 48.5 Å². The number of nitrogens with zero attached hydrogens (tertiary/aromatic N) is 1. The second-order valence-corrected chi connectivity index (χ2v) is 7.96. The van der Waals surface area contributed by atoms with Crippen molar-refractivity contribution in [2.24, 2.45) is 0 Å². The zero-order valence-electron chi connectivity index (χ0n) is 14.8. The van der Waals surface area contributed by atoms with E-state index in [1.165, 1.54) is 30.5 Å². The molecule has 0 unspecified atom stereocenters. The van der Waals surface area contributed by atoms with Gasteiger partial charge in [-0.2, -0.15) is 0 Å². The maximum atomic E-state index is 12.5. The van der Waals surface area contributed by atoms with Crippen LogP contribution in [0.4, 0.5) is 0 Å². The SMILES string of the molecule is O=C(NCCS(=O)(=O)c1ccccc1)c1ccc[n+]([O-])c1Oc1ccccc1. The molecule has 7 nitrogen and oxygen atoms in total. The van der Waals surface area contributed by atoms with E-state index in [-0.39, 0.29) is 28.6 Å². The molecule has 0 saturated carbocycles. The van der Waals surface area contributed by atoms with Gasteiger partial charge < -0.3 is 15.3 Å². The number of rotatable bonds is 7. The largest absolute Gasteiger partial charge is 0.616 e. The van der Waals surface area contributed by atoms with Crippen LogP contribution in [0, 0.1) is 5.21 Å². The van der Waals surface area contributed by atoms with Crippen molar-refractivity contribution >= 4 is 15.7 Å². The van der Waals surface area contributed by atoms with Gasteiger partial charge in [-0.3, -0.25) is 4.79 Å². The Balaban J connectivity index is 1.70. The molecule has 0 fully saturated rings. The van der Waals surface area contributed by atoms with Gasteiger partial charge in [0.05, 0.1) is 10.6 Å². The van der Waals surface area contributed by atoms with Crippen LogP contribution in [-0.4, -0.2) is 26.6 Å². The highest BCUT2D eigenvalue weighted by molar-refractivity contribution is 7.91. The van der Waals surface area contributed by atoms with Gasteiger partial charge in [0, 0.05) is 12.6 Å². The standard InChI is InChI=1S/C20H18N2O5S/c23-19(21-13-15-28(25,26)17-10-5-2-6-11-17)18-12-7-14-22(24)20(18)27-16-8-3-1-4-9-16/h1-12,14H,13,15H2,(H,21,23). The summed E-state index contributed by atoms with van der Waals surface area (Å²) in [6, 6.07) is 19.4. The van der Waals surface area contributed by atoms with Gasteiger partial charge in [-0.25, -0.2) is 8.42 Å². The lowest BCUT2D eigenvalue weighted by Crippen LogP contribution is -2.34. The van der Waals surface area contributed by atoms with Crippen LogP contribution >= 0.6 is 0 Å². The van der Waals surface area contributed by atoms with Gasteiger partial charge >= 0.3 is 5.88 Å². The van der Waals surface area contributed by atoms with Gasteiger partial charge in [0.25, 0.3) is 5.91 Å². The number of ether oxygens (including phenoxy) is 1. The molecule has 0 aliphatic rings. The molecule has 0 spiro atoms. The molecule has 1 amide bonds. The molecule has 8 heteroatoms. The molecule has 0 atom stereocenters. The Morgan fingerprint density at radius 1 is 0.964 bits per heavy atom. The van der Waals surface area contributed by atoms with Gasteiger partial charge in [0.2, 0.25) is 0 Å². The number of hydrogen-bond donors (Lipinski definition) is 1. The molecule has 1 N–H and O–H groups in total. The van der Waals surface area contributed by atoms with E-state index in [0.29, 0.717) is 10.5 Å². The van der Waals surface area contributed by atoms with Crippen molar-refractivity contribution in [3.8, 4) is 11.6 Å². The van der Waals surface area contributed by atoms with Crippen molar-refractivity contribution in [2.45, 2.75) is 4.90 Å². The van der Waals surface area contributed by atoms with Gasteiger partial charge in [0.15, 0.2) is 21.6 Å². The topological polar surface area (TPSA) is 99.4 Å². The Bertz CT molecular complexity index is 1050. The third-order valence-corrected chi connectivity index (χ3v) is 5.61. The highest BCUT2D eigenvalue weighted by Gasteiger charge is 2.22. The van der Waals surface area contributed by atoms with Gasteiger partial charge in [-0.15, -0.1) is 4.73 Å². The molecule has 144 valence electrons. The normalized spacial score (nSPS) is 11.0. The molecule has 28 heavy (non-hydrogen) atoms. The van der Waals surface area contributed by atoms with E-state index in [4.69, 9.17) is 4.74 Å². The molecular weight excluding hydrogens is 380 g/mol. The molecule has 0 aliphatic carbocycles. The number of aromatic nitrogens is 1. The van der Waals surface area contributed by atoms with Crippen molar-refractivity contribution in [2.75, 3.05) is 12.3 Å². The Morgan fingerprint density at radius 3 is 2.29 bits per heavy atom. The van der Waals surface area contributed by atoms with E-state index in [9.17, 15) is 18.4 Å². The van der Waals surface area contributed by atoms with Crippen molar-refractivity contribution < 1.29 is 22.7 Å². The van der Waals surface area contributed by atoms with Crippen LogP contribution in [-0.2, 0) is 9.84 Å². The van der Waals surface area contributed by atoms with Gasteiger partial charge in [0.1, 0.15) is 5.75 Å². The number of sulfone groups is 1. The minimum absolute atomic E-state index is 0.0125. The van der Waals surface area contributed by atoms with E-state index in [2.05, 4.69) is 5.32 Å². The first-order valence-electron chi connectivity index (χ1n) is 8.48. The minimum atomic E-state index is -3.52. The van der Waals surface area contributed by atoms with Gasteiger partial charge in [-0.05, 0) is 30.3 Å². The second kappa shape index (κ2) is 8.53. The number of nitrogens with one attached hydrogen (secondary N) is 1. The summed E-state index contributed by atoms with van der Waals surface area (Å²) in [5, 5.41) is 14.6. The number of carbonyl (C=O) groups is 1. The Hall–Kier alpha value is -3.39. The van der Waals surface area contributed by atoms with Crippen molar-refractivity contribution in [3.05, 3.63) is 89.8 Å². The minimum Gasteiger partial charge on any atom is -0.616 e. The number of carbonyl (C=O) groups excluding carboxylic acids is 1. The van der Waals surface area contributed by atoms with Crippen LogP contribution in [0.15, 0.2) is 83.9 Å². The maximum Gasteiger partial charge on any atom is 0.398 e. The molecule has 2 aromatic carbocycles. The molecule has 1 heterocycles. The third kappa shape index (κ3) is 4.66. The Morgan fingerprint density at radius 2 is 1.61 bits per heavy atom. The fraction of sp³-hybridized carbons (Fsp3) is 0.100. The summed E-state index contributed by atoms with van der Waals surface area (Å²) >= 11 is 0. The van der Waals surface area contributed by atoms with Crippen molar-refractivity contribution in [3.63, 3.8) is 0 Å².